The minimum absolute atomic E-state index is 0.0411. The van der Waals surface area contributed by atoms with Crippen molar-refractivity contribution in [3.8, 4) is 11.5 Å². The lowest BCUT2D eigenvalue weighted by molar-refractivity contribution is -0.115. The molecule has 0 aromatic heterocycles. The van der Waals surface area contributed by atoms with Gasteiger partial charge >= 0.3 is 0 Å². The summed E-state index contributed by atoms with van der Waals surface area (Å²) in [4.78, 5) is 11.9. The lowest BCUT2D eigenvalue weighted by atomic mass is 10.2. The standard InChI is InChI=1S/C17H20N2O3/c1-21-14-8-9-16(22-2)15(12-14)18-11-10-17(20)19-13-6-4-3-5-7-13/h3-9,12,18H,10-11H2,1-2H3,(H,19,20). The molecule has 0 fully saturated rings. The van der Waals surface area contributed by atoms with Crippen molar-refractivity contribution >= 4 is 17.3 Å². The van der Waals surface area contributed by atoms with Crippen LogP contribution in [0.3, 0.4) is 0 Å². The Morgan fingerprint density at radius 1 is 1.05 bits per heavy atom. The highest BCUT2D eigenvalue weighted by Crippen LogP contribution is 2.28. The molecule has 0 aliphatic rings. The van der Waals surface area contributed by atoms with Crippen LogP contribution in [0.5, 0.6) is 11.5 Å². The predicted octanol–water partition coefficient (Wildman–Crippen LogP) is 3.14. The van der Waals surface area contributed by atoms with Crippen molar-refractivity contribution in [3.05, 3.63) is 48.5 Å². The number of benzene rings is 2. The number of para-hydroxylation sites is 1. The minimum atomic E-state index is -0.0411. The molecule has 0 aliphatic heterocycles. The smallest absolute Gasteiger partial charge is 0.226 e. The summed E-state index contributed by atoms with van der Waals surface area (Å²) < 4.78 is 10.5. The second kappa shape index (κ2) is 7.93. The van der Waals surface area contributed by atoms with Crippen molar-refractivity contribution in [1.29, 1.82) is 0 Å². The first-order valence-corrected chi connectivity index (χ1v) is 7.03. The summed E-state index contributed by atoms with van der Waals surface area (Å²) >= 11 is 0. The van der Waals surface area contributed by atoms with Crippen molar-refractivity contribution in [3.63, 3.8) is 0 Å². The molecule has 0 saturated heterocycles. The molecule has 22 heavy (non-hydrogen) atoms. The fourth-order valence-corrected chi connectivity index (χ4v) is 2.01. The fourth-order valence-electron chi connectivity index (χ4n) is 2.01. The molecule has 0 atom stereocenters. The topological polar surface area (TPSA) is 59.6 Å². The first kappa shape index (κ1) is 15.7. The van der Waals surface area contributed by atoms with Crippen LogP contribution in [0.2, 0.25) is 0 Å². The monoisotopic (exact) mass is 300 g/mol. The van der Waals surface area contributed by atoms with Gasteiger partial charge in [0.1, 0.15) is 11.5 Å². The maximum atomic E-state index is 11.9. The second-order valence-corrected chi connectivity index (χ2v) is 4.66. The van der Waals surface area contributed by atoms with Crippen LogP contribution in [-0.4, -0.2) is 26.7 Å². The maximum absolute atomic E-state index is 11.9. The van der Waals surface area contributed by atoms with Gasteiger partial charge in [0.25, 0.3) is 0 Å². The minimum Gasteiger partial charge on any atom is -0.497 e. The van der Waals surface area contributed by atoms with Gasteiger partial charge in [0.2, 0.25) is 5.91 Å². The van der Waals surface area contributed by atoms with Gasteiger partial charge in [-0.3, -0.25) is 4.79 Å². The highest BCUT2D eigenvalue weighted by atomic mass is 16.5. The van der Waals surface area contributed by atoms with Crippen LogP contribution in [0, 0.1) is 0 Å². The molecule has 0 saturated carbocycles. The van der Waals surface area contributed by atoms with Gasteiger partial charge in [-0.25, -0.2) is 0 Å². The molecule has 0 heterocycles. The molecule has 0 unspecified atom stereocenters. The van der Waals surface area contributed by atoms with Crippen molar-refractivity contribution in [2.45, 2.75) is 6.42 Å². The van der Waals surface area contributed by atoms with Crippen molar-refractivity contribution in [2.75, 3.05) is 31.4 Å². The highest BCUT2D eigenvalue weighted by molar-refractivity contribution is 5.90. The lowest BCUT2D eigenvalue weighted by Gasteiger charge is -2.12. The fraction of sp³-hybridized carbons (Fsp3) is 0.235. The number of carbonyl (C=O) groups excluding carboxylic acids is 1. The van der Waals surface area contributed by atoms with Gasteiger partial charge in [0.15, 0.2) is 0 Å². The molecule has 5 heteroatoms. The van der Waals surface area contributed by atoms with Crippen LogP contribution in [-0.2, 0) is 4.79 Å². The summed E-state index contributed by atoms with van der Waals surface area (Å²) in [5, 5.41) is 6.03. The van der Waals surface area contributed by atoms with Crippen LogP contribution in [0.1, 0.15) is 6.42 Å². The van der Waals surface area contributed by atoms with E-state index in [0.29, 0.717) is 18.7 Å². The van der Waals surface area contributed by atoms with Crippen molar-refractivity contribution < 1.29 is 14.3 Å². The molecule has 2 N–H and O–H groups in total. The van der Waals surface area contributed by atoms with Gasteiger partial charge in [-0.15, -0.1) is 0 Å². The summed E-state index contributed by atoms with van der Waals surface area (Å²) in [6.07, 6.45) is 0.356. The van der Waals surface area contributed by atoms with Crippen molar-refractivity contribution in [1.82, 2.24) is 0 Å². The maximum Gasteiger partial charge on any atom is 0.226 e. The highest BCUT2D eigenvalue weighted by Gasteiger charge is 2.06. The van der Waals surface area contributed by atoms with Gasteiger partial charge in [-0.1, -0.05) is 18.2 Å². The molecule has 0 aliphatic carbocycles. The van der Waals surface area contributed by atoms with Crippen LogP contribution < -0.4 is 20.1 Å². The molecule has 2 aromatic rings. The largest absolute Gasteiger partial charge is 0.497 e. The molecule has 1 amide bonds. The molecule has 2 aromatic carbocycles. The summed E-state index contributed by atoms with van der Waals surface area (Å²) in [5.41, 5.74) is 1.60. The zero-order valence-corrected chi connectivity index (χ0v) is 12.8. The van der Waals surface area contributed by atoms with E-state index in [0.717, 1.165) is 17.1 Å². The first-order chi connectivity index (χ1) is 10.7. The third kappa shape index (κ3) is 4.41. The number of amides is 1. The number of carbonyl (C=O) groups is 1. The van der Waals surface area contributed by atoms with Gasteiger partial charge in [-0.2, -0.15) is 0 Å². The number of hydrogen-bond acceptors (Lipinski definition) is 4. The van der Waals surface area contributed by atoms with E-state index in [9.17, 15) is 4.79 Å². The normalized spacial score (nSPS) is 9.91. The average molecular weight is 300 g/mol. The lowest BCUT2D eigenvalue weighted by Crippen LogP contribution is -2.16. The molecule has 2 rings (SSSR count). The van der Waals surface area contributed by atoms with Crippen LogP contribution >= 0.6 is 0 Å². The van der Waals surface area contributed by atoms with E-state index in [1.165, 1.54) is 0 Å². The summed E-state index contributed by atoms with van der Waals surface area (Å²) in [7, 11) is 3.22. The molecule has 0 spiro atoms. The van der Waals surface area contributed by atoms with E-state index in [4.69, 9.17) is 9.47 Å². The van der Waals surface area contributed by atoms with Gasteiger partial charge in [-0.05, 0) is 24.3 Å². The number of methoxy groups -OCH3 is 2. The number of anilines is 2. The first-order valence-electron chi connectivity index (χ1n) is 7.03. The van der Waals surface area contributed by atoms with Crippen LogP contribution in [0.4, 0.5) is 11.4 Å². The Morgan fingerprint density at radius 2 is 1.82 bits per heavy atom. The number of ether oxygens (including phenoxy) is 2. The Kier molecular flexibility index (Phi) is 5.65. The Morgan fingerprint density at radius 3 is 2.50 bits per heavy atom. The van der Waals surface area contributed by atoms with E-state index < -0.39 is 0 Å². The predicted molar refractivity (Wildman–Crippen MR) is 87.7 cm³/mol. The molecule has 5 nitrogen and oxygen atoms in total. The SMILES string of the molecule is COc1ccc(OC)c(NCCC(=O)Nc2ccccc2)c1. The number of rotatable bonds is 7. The zero-order chi connectivity index (χ0) is 15.8. The van der Waals surface area contributed by atoms with Gasteiger partial charge in [0, 0.05) is 24.7 Å². The Hall–Kier alpha value is -2.69. The van der Waals surface area contributed by atoms with Crippen molar-refractivity contribution in [2.24, 2.45) is 0 Å². The second-order valence-electron chi connectivity index (χ2n) is 4.66. The Labute approximate surface area is 130 Å². The molecule has 0 radical (unpaired) electrons. The molecular formula is C17H20N2O3. The van der Waals surface area contributed by atoms with E-state index in [2.05, 4.69) is 10.6 Å². The number of nitrogens with one attached hydrogen (secondary N) is 2. The van der Waals surface area contributed by atoms with E-state index in [1.54, 1.807) is 14.2 Å². The van der Waals surface area contributed by atoms with Crippen LogP contribution in [0.25, 0.3) is 0 Å². The van der Waals surface area contributed by atoms with E-state index in [-0.39, 0.29) is 5.91 Å². The van der Waals surface area contributed by atoms with E-state index >= 15 is 0 Å². The summed E-state index contributed by atoms with van der Waals surface area (Å²) in [6, 6.07) is 14.9. The van der Waals surface area contributed by atoms with E-state index in [1.807, 2.05) is 48.5 Å². The number of hydrogen-bond donors (Lipinski definition) is 2. The third-order valence-corrected chi connectivity index (χ3v) is 3.13. The van der Waals surface area contributed by atoms with Gasteiger partial charge < -0.3 is 20.1 Å². The third-order valence-electron chi connectivity index (χ3n) is 3.13. The van der Waals surface area contributed by atoms with Crippen LogP contribution in [0.15, 0.2) is 48.5 Å². The molecule has 116 valence electrons. The molecular weight excluding hydrogens is 280 g/mol. The Bertz CT molecular complexity index is 615. The van der Waals surface area contributed by atoms with Gasteiger partial charge in [0.05, 0.1) is 19.9 Å². The average Bonchev–Trinajstić information content (AvgIpc) is 2.55. The quantitative estimate of drug-likeness (QED) is 0.824. The molecule has 0 bridgehead atoms. The summed E-state index contributed by atoms with van der Waals surface area (Å²) in [6.45, 7) is 0.502. The Balaban J connectivity index is 1.86. The summed E-state index contributed by atoms with van der Waals surface area (Å²) in [5.74, 6) is 1.40. The zero-order valence-electron chi connectivity index (χ0n) is 12.8.